The van der Waals surface area contributed by atoms with Crippen molar-refractivity contribution in [3.8, 4) is 0 Å². The highest BCUT2D eigenvalue weighted by molar-refractivity contribution is 7.16. The van der Waals surface area contributed by atoms with Crippen LogP contribution in [0.5, 0.6) is 0 Å². The number of nitro groups is 1. The molecular formula is C17H17ClN4O3S. The summed E-state index contributed by atoms with van der Waals surface area (Å²) in [7, 11) is 0. The Morgan fingerprint density at radius 3 is 2.96 bits per heavy atom. The van der Waals surface area contributed by atoms with Crippen LogP contribution in [0.4, 0.5) is 10.7 Å². The van der Waals surface area contributed by atoms with Crippen LogP contribution in [0.25, 0.3) is 0 Å². The molecule has 2 aliphatic heterocycles. The van der Waals surface area contributed by atoms with Gasteiger partial charge in [-0.15, -0.1) is 11.3 Å². The van der Waals surface area contributed by atoms with Gasteiger partial charge in [-0.3, -0.25) is 19.8 Å². The molecule has 9 heteroatoms. The van der Waals surface area contributed by atoms with Crippen LogP contribution < -0.4 is 10.6 Å². The smallest absolute Gasteiger partial charge is 0.288 e. The maximum Gasteiger partial charge on any atom is 0.288 e. The van der Waals surface area contributed by atoms with Crippen LogP contribution in [-0.2, 0) is 13.0 Å². The number of carbonyl (C=O) groups is 1. The number of nitrogens with one attached hydrogen (secondary N) is 2. The van der Waals surface area contributed by atoms with Crippen LogP contribution in [-0.4, -0.2) is 28.8 Å². The van der Waals surface area contributed by atoms with Gasteiger partial charge in [0, 0.05) is 29.6 Å². The summed E-state index contributed by atoms with van der Waals surface area (Å²) in [5.74, 6) is -0.135. The number of nitro benzene ring substituents is 1. The van der Waals surface area contributed by atoms with Gasteiger partial charge in [0.2, 0.25) is 0 Å². The molecule has 0 radical (unpaired) electrons. The highest BCUT2D eigenvalue weighted by Gasteiger charge is 2.33. The van der Waals surface area contributed by atoms with Crippen molar-refractivity contribution in [1.82, 2.24) is 10.2 Å². The van der Waals surface area contributed by atoms with Crippen molar-refractivity contribution in [1.29, 1.82) is 0 Å². The maximum atomic E-state index is 12.7. The first kappa shape index (κ1) is 17.3. The zero-order valence-corrected chi connectivity index (χ0v) is 15.6. The number of hydrogen-bond donors (Lipinski definition) is 2. The molecule has 2 N–H and O–H groups in total. The quantitative estimate of drug-likeness (QED) is 0.616. The molecule has 136 valence electrons. The van der Waals surface area contributed by atoms with Gasteiger partial charge in [-0.05, 0) is 24.6 Å². The van der Waals surface area contributed by atoms with E-state index in [0.29, 0.717) is 5.56 Å². The number of amides is 1. The molecule has 2 aliphatic rings. The minimum atomic E-state index is -0.523. The van der Waals surface area contributed by atoms with Crippen LogP contribution >= 0.6 is 22.9 Å². The number of thiophene rings is 1. The van der Waals surface area contributed by atoms with Gasteiger partial charge in [-0.25, -0.2) is 0 Å². The second-order valence-corrected chi connectivity index (χ2v) is 7.86. The number of benzene rings is 1. The van der Waals surface area contributed by atoms with Crippen LogP contribution in [0.3, 0.4) is 0 Å². The molecule has 1 aromatic carbocycles. The predicted octanol–water partition coefficient (Wildman–Crippen LogP) is 3.54. The van der Waals surface area contributed by atoms with Gasteiger partial charge < -0.3 is 10.6 Å². The number of nitrogens with zero attached hydrogens (tertiary/aromatic N) is 2. The van der Waals surface area contributed by atoms with Crippen molar-refractivity contribution in [2.45, 2.75) is 26.1 Å². The topological polar surface area (TPSA) is 87.5 Å². The molecule has 7 nitrogen and oxygen atoms in total. The van der Waals surface area contributed by atoms with Crippen molar-refractivity contribution in [2.24, 2.45) is 0 Å². The second kappa shape index (κ2) is 6.53. The van der Waals surface area contributed by atoms with Gasteiger partial charge in [-0.2, -0.15) is 0 Å². The number of fused-ring (bicyclic) bond motifs is 3. The fourth-order valence-corrected chi connectivity index (χ4v) is 4.96. The van der Waals surface area contributed by atoms with Crippen molar-refractivity contribution in [3.05, 3.63) is 54.9 Å². The molecule has 0 fully saturated rings. The van der Waals surface area contributed by atoms with Gasteiger partial charge in [0.1, 0.15) is 16.2 Å². The molecular weight excluding hydrogens is 376 g/mol. The van der Waals surface area contributed by atoms with E-state index in [9.17, 15) is 14.9 Å². The lowest BCUT2D eigenvalue weighted by Crippen LogP contribution is -2.38. The number of hydrogen-bond acceptors (Lipinski definition) is 6. The first-order valence-electron chi connectivity index (χ1n) is 8.36. The summed E-state index contributed by atoms with van der Waals surface area (Å²) in [5.41, 5.74) is 2.28. The Morgan fingerprint density at radius 2 is 2.23 bits per heavy atom. The Morgan fingerprint density at radius 1 is 1.42 bits per heavy atom. The number of anilines is 1. The van der Waals surface area contributed by atoms with Crippen LogP contribution in [0, 0.1) is 10.1 Å². The minimum absolute atomic E-state index is 0.0767. The molecule has 0 spiro atoms. The Balaban J connectivity index is 1.67. The third-order valence-corrected chi connectivity index (χ3v) is 6.33. The number of halogens is 1. The number of rotatable bonds is 3. The van der Waals surface area contributed by atoms with E-state index in [-0.39, 0.29) is 16.6 Å². The molecule has 4 rings (SSSR count). The molecule has 3 heterocycles. The molecule has 0 bridgehead atoms. The van der Waals surface area contributed by atoms with E-state index < -0.39 is 11.1 Å². The first-order valence-corrected chi connectivity index (χ1v) is 9.55. The van der Waals surface area contributed by atoms with E-state index in [1.807, 2.05) is 0 Å². The van der Waals surface area contributed by atoms with E-state index in [2.05, 4.69) is 22.5 Å². The summed E-state index contributed by atoms with van der Waals surface area (Å²) in [6.45, 7) is 4.92. The van der Waals surface area contributed by atoms with E-state index in [4.69, 9.17) is 11.6 Å². The van der Waals surface area contributed by atoms with Crippen molar-refractivity contribution in [3.63, 3.8) is 0 Å². The Hall–Kier alpha value is -2.16. The average Bonchev–Trinajstić information content (AvgIpc) is 2.99. The molecule has 2 aromatic rings. The second-order valence-electron chi connectivity index (χ2n) is 6.35. The summed E-state index contributed by atoms with van der Waals surface area (Å²) in [4.78, 5) is 26.9. The Labute approximate surface area is 159 Å². The lowest BCUT2D eigenvalue weighted by Gasteiger charge is -2.28. The van der Waals surface area contributed by atoms with Crippen LogP contribution in [0.2, 0.25) is 5.02 Å². The summed E-state index contributed by atoms with van der Waals surface area (Å²) < 4.78 is 0. The third-order valence-electron chi connectivity index (χ3n) is 4.86. The van der Waals surface area contributed by atoms with Gasteiger partial charge in [0.15, 0.2) is 0 Å². The zero-order chi connectivity index (χ0) is 18.4. The molecule has 0 aliphatic carbocycles. The van der Waals surface area contributed by atoms with Crippen LogP contribution in [0.15, 0.2) is 18.2 Å². The SMILES string of the molecule is CCN1CCc2c(sc3c2C(=O)N[C@H](c2ccc(Cl)c([N+](=O)[O-])c2)N3)C1. The Bertz CT molecular complexity index is 914. The Kier molecular flexibility index (Phi) is 4.34. The number of likely N-dealkylation sites (N-methyl/N-ethyl adjacent to an activating group) is 1. The molecule has 0 saturated heterocycles. The fourth-order valence-electron chi connectivity index (χ4n) is 3.45. The van der Waals surface area contributed by atoms with E-state index in [1.54, 1.807) is 17.4 Å². The first-order chi connectivity index (χ1) is 12.5. The van der Waals surface area contributed by atoms with Crippen molar-refractivity contribution >= 4 is 39.5 Å². The summed E-state index contributed by atoms with van der Waals surface area (Å²) in [5, 5.41) is 18.3. The average molecular weight is 393 g/mol. The van der Waals surface area contributed by atoms with Gasteiger partial charge in [0.25, 0.3) is 11.6 Å². The lowest BCUT2D eigenvalue weighted by atomic mass is 10.0. The number of carbonyl (C=O) groups excluding carboxylic acids is 1. The fraction of sp³-hybridized carbons (Fsp3) is 0.353. The predicted molar refractivity (Wildman–Crippen MR) is 101 cm³/mol. The highest BCUT2D eigenvalue weighted by Crippen LogP contribution is 2.41. The molecule has 1 atom stereocenters. The largest absolute Gasteiger partial charge is 0.353 e. The molecule has 1 amide bonds. The van der Waals surface area contributed by atoms with Gasteiger partial charge in [0.05, 0.1) is 10.5 Å². The van der Waals surface area contributed by atoms with Crippen LogP contribution in [0.1, 0.15) is 39.5 Å². The van der Waals surface area contributed by atoms with Crippen molar-refractivity contribution < 1.29 is 9.72 Å². The standard InChI is InChI=1S/C17H17ClN4O3S/c1-2-21-6-5-10-13(8-21)26-17-14(10)16(23)19-15(20-17)9-3-4-11(18)12(7-9)22(24)25/h3-4,7,15,20H,2,5-6,8H2,1H3,(H,19,23)/t15-/m0/s1. The monoisotopic (exact) mass is 392 g/mol. The zero-order valence-electron chi connectivity index (χ0n) is 14.0. The molecule has 1 aromatic heterocycles. The lowest BCUT2D eigenvalue weighted by molar-refractivity contribution is -0.384. The molecule has 0 saturated carbocycles. The van der Waals surface area contributed by atoms with E-state index in [1.165, 1.54) is 17.0 Å². The summed E-state index contributed by atoms with van der Waals surface area (Å²) in [6, 6.07) is 4.57. The van der Waals surface area contributed by atoms with E-state index in [0.717, 1.165) is 42.2 Å². The summed E-state index contributed by atoms with van der Waals surface area (Å²) in [6.07, 6.45) is 0.342. The molecule has 0 unspecified atom stereocenters. The van der Waals surface area contributed by atoms with Crippen molar-refractivity contribution in [2.75, 3.05) is 18.4 Å². The highest BCUT2D eigenvalue weighted by atomic mass is 35.5. The normalized spacial score (nSPS) is 19.3. The third kappa shape index (κ3) is 2.84. The molecule has 26 heavy (non-hydrogen) atoms. The maximum absolute atomic E-state index is 12.7. The van der Waals surface area contributed by atoms with Gasteiger partial charge >= 0.3 is 0 Å². The summed E-state index contributed by atoms with van der Waals surface area (Å²) >= 11 is 7.48. The van der Waals surface area contributed by atoms with E-state index >= 15 is 0 Å². The minimum Gasteiger partial charge on any atom is -0.353 e. The van der Waals surface area contributed by atoms with Gasteiger partial charge in [-0.1, -0.05) is 24.6 Å².